The quantitative estimate of drug-likeness (QED) is 0.422. The van der Waals surface area contributed by atoms with Crippen LogP contribution in [0.15, 0.2) is 24.3 Å². The molecule has 0 bridgehead atoms. The van der Waals surface area contributed by atoms with E-state index in [0.717, 1.165) is 64.1 Å². The number of carbonyl (C=O) groups excluding carboxylic acids is 2. The summed E-state index contributed by atoms with van der Waals surface area (Å²) in [6.07, 6.45) is 9.12. The molecule has 1 aliphatic carbocycles. The summed E-state index contributed by atoms with van der Waals surface area (Å²) in [6.45, 7) is 12.7. The topological polar surface area (TPSA) is 53.1 Å². The molecule has 216 valence electrons. The SMILES string of the molecule is CCN1CCC(C(=O)CN2CCC(CN3C(=O)OCC3(C)C)(C3CCCCC3)CC2)C(c2ccc(F)cc2)C1. The number of likely N-dealkylation sites (tertiary alicyclic amines) is 2. The molecule has 1 aromatic carbocycles. The first kappa shape index (κ1) is 28.5. The van der Waals surface area contributed by atoms with Crippen LogP contribution in [-0.2, 0) is 9.53 Å². The number of carbonyl (C=O) groups is 2. The Balaban J connectivity index is 1.26. The summed E-state index contributed by atoms with van der Waals surface area (Å²) >= 11 is 0. The van der Waals surface area contributed by atoms with Crippen molar-refractivity contribution in [3.63, 3.8) is 0 Å². The fraction of sp³-hybridized carbons (Fsp3) is 0.750. The van der Waals surface area contributed by atoms with Crippen LogP contribution in [0.25, 0.3) is 0 Å². The van der Waals surface area contributed by atoms with E-state index >= 15 is 0 Å². The Morgan fingerprint density at radius 3 is 2.31 bits per heavy atom. The summed E-state index contributed by atoms with van der Waals surface area (Å²) in [5, 5.41) is 0. The van der Waals surface area contributed by atoms with Crippen molar-refractivity contribution in [2.75, 3.05) is 52.4 Å². The zero-order chi connectivity index (χ0) is 27.6. The maximum atomic E-state index is 13.8. The number of hydrogen-bond acceptors (Lipinski definition) is 5. The number of piperidine rings is 2. The summed E-state index contributed by atoms with van der Waals surface area (Å²) in [5.74, 6) is 0.818. The molecule has 39 heavy (non-hydrogen) atoms. The van der Waals surface area contributed by atoms with E-state index in [0.29, 0.717) is 24.9 Å². The van der Waals surface area contributed by atoms with Gasteiger partial charge in [0.2, 0.25) is 0 Å². The van der Waals surface area contributed by atoms with Crippen LogP contribution in [0.3, 0.4) is 0 Å². The largest absolute Gasteiger partial charge is 0.447 e. The Kier molecular flexibility index (Phi) is 8.68. The van der Waals surface area contributed by atoms with E-state index in [1.54, 1.807) is 0 Å². The fourth-order valence-corrected chi connectivity index (χ4v) is 7.88. The fourth-order valence-electron chi connectivity index (χ4n) is 7.88. The second kappa shape index (κ2) is 11.9. The standard InChI is InChI=1S/C32H48FN3O3/c1-4-34-17-14-27(28(20-34)24-10-12-26(33)13-11-24)29(37)21-35-18-15-32(16-19-35,25-8-6-5-7-9-25)22-36-30(38)39-23-31(36,2)3/h10-13,25,27-28H,4-9,14-23H2,1-3H3. The van der Waals surface area contributed by atoms with Crippen molar-refractivity contribution in [1.29, 1.82) is 0 Å². The number of ketones is 1. The van der Waals surface area contributed by atoms with Gasteiger partial charge >= 0.3 is 6.09 Å². The van der Waals surface area contributed by atoms with Crippen molar-refractivity contribution >= 4 is 11.9 Å². The monoisotopic (exact) mass is 541 g/mol. The minimum Gasteiger partial charge on any atom is -0.447 e. The lowest BCUT2D eigenvalue weighted by Gasteiger charge is -2.50. The lowest BCUT2D eigenvalue weighted by molar-refractivity contribution is -0.127. The normalized spacial score (nSPS) is 28.4. The Morgan fingerprint density at radius 1 is 1.00 bits per heavy atom. The first-order chi connectivity index (χ1) is 18.7. The van der Waals surface area contributed by atoms with Gasteiger partial charge in [-0.05, 0) is 101 Å². The molecule has 3 aliphatic heterocycles. The van der Waals surface area contributed by atoms with Crippen LogP contribution in [0.4, 0.5) is 9.18 Å². The lowest BCUT2D eigenvalue weighted by atomic mass is 9.63. The molecular weight excluding hydrogens is 493 g/mol. The minimum atomic E-state index is -0.269. The summed E-state index contributed by atoms with van der Waals surface area (Å²) in [5.41, 5.74) is 0.904. The number of rotatable bonds is 8. The highest BCUT2D eigenvalue weighted by Crippen LogP contribution is 2.48. The molecule has 7 heteroatoms. The van der Waals surface area contributed by atoms with E-state index < -0.39 is 0 Å². The summed E-state index contributed by atoms with van der Waals surface area (Å²) in [7, 11) is 0. The molecule has 0 spiro atoms. The van der Waals surface area contributed by atoms with Crippen LogP contribution in [0.2, 0.25) is 0 Å². The molecule has 6 nitrogen and oxygen atoms in total. The molecule has 1 aromatic rings. The Hall–Kier alpha value is -1.99. The smallest absolute Gasteiger partial charge is 0.410 e. The molecule has 4 fully saturated rings. The Morgan fingerprint density at radius 2 is 1.69 bits per heavy atom. The second-order valence-electron chi connectivity index (χ2n) is 13.3. The summed E-state index contributed by atoms with van der Waals surface area (Å²) < 4.78 is 19.1. The number of Topliss-reactive ketones (excluding diaryl/α,β-unsaturated/α-hetero) is 1. The third kappa shape index (κ3) is 6.19. The van der Waals surface area contributed by atoms with Gasteiger partial charge in [0.1, 0.15) is 12.4 Å². The average Bonchev–Trinajstić information content (AvgIpc) is 3.21. The van der Waals surface area contributed by atoms with Crippen LogP contribution in [0, 0.1) is 23.1 Å². The van der Waals surface area contributed by atoms with Crippen molar-refractivity contribution in [2.24, 2.45) is 17.3 Å². The van der Waals surface area contributed by atoms with Gasteiger partial charge in [0.05, 0.1) is 12.1 Å². The Labute approximate surface area is 234 Å². The van der Waals surface area contributed by atoms with Crippen LogP contribution >= 0.6 is 0 Å². The van der Waals surface area contributed by atoms with Gasteiger partial charge in [-0.1, -0.05) is 38.3 Å². The molecule has 2 atom stereocenters. The van der Waals surface area contributed by atoms with Gasteiger partial charge < -0.3 is 9.64 Å². The number of cyclic esters (lactones) is 1. The molecule has 0 N–H and O–H groups in total. The number of benzene rings is 1. The van der Waals surface area contributed by atoms with Gasteiger partial charge in [0, 0.05) is 24.9 Å². The predicted octanol–water partition coefficient (Wildman–Crippen LogP) is 5.71. The zero-order valence-electron chi connectivity index (χ0n) is 24.3. The molecule has 5 rings (SSSR count). The number of halogens is 1. The van der Waals surface area contributed by atoms with E-state index in [-0.39, 0.29) is 34.7 Å². The molecule has 0 radical (unpaired) electrons. The first-order valence-corrected chi connectivity index (χ1v) is 15.4. The second-order valence-corrected chi connectivity index (χ2v) is 13.3. The molecule has 1 amide bonds. The maximum absolute atomic E-state index is 13.8. The Bertz CT molecular complexity index is 998. The van der Waals surface area contributed by atoms with Crippen LogP contribution in [-0.4, -0.2) is 84.5 Å². The first-order valence-electron chi connectivity index (χ1n) is 15.4. The van der Waals surface area contributed by atoms with E-state index in [1.807, 2.05) is 17.0 Å². The van der Waals surface area contributed by atoms with E-state index in [2.05, 4.69) is 30.6 Å². The number of amides is 1. The van der Waals surface area contributed by atoms with Gasteiger partial charge in [0.15, 0.2) is 5.78 Å². The minimum absolute atomic E-state index is 0.0246. The summed E-state index contributed by atoms with van der Waals surface area (Å²) in [4.78, 5) is 33.3. The molecule has 3 saturated heterocycles. The number of likely N-dealkylation sites (N-methyl/N-ethyl adjacent to an activating group) is 1. The maximum Gasteiger partial charge on any atom is 0.410 e. The van der Waals surface area contributed by atoms with Gasteiger partial charge in [-0.15, -0.1) is 0 Å². The third-order valence-electron chi connectivity index (χ3n) is 10.5. The molecular formula is C32H48FN3O3. The number of nitrogens with zero attached hydrogens (tertiary/aromatic N) is 3. The predicted molar refractivity (Wildman–Crippen MR) is 151 cm³/mol. The lowest BCUT2D eigenvalue weighted by Crippen LogP contribution is -2.55. The van der Waals surface area contributed by atoms with Crippen molar-refractivity contribution in [2.45, 2.75) is 83.6 Å². The van der Waals surface area contributed by atoms with Crippen LogP contribution in [0.1, 0.15) is 83.6 Å². The highest BCUT2D eigenvalue weighted by atomic mass is 19.1. The molecule has 3 heterocycles. The van der Waals surface area contributed by atoms with Crippen molar-refractivity contribution in [1.82, 2.24) is 14.7 Å². The van der Waals surface area contributed by atoms with Gasteiger partial charge in [-0.2, -0.15) is 0 Å². The summed E-state index contributed by atoms with van der Waals surface area (Å²) in [6, 6.07) is 6.77. The van der Waals surface area contributed by atoms with Gasteiger partial charge in [-0.3, -0.25) is 14.6 Å². The highest BCUT2D eigenvalue weighted by Gasteiger charge is 2.49. The van der Waals surface area contributed by atoms with E-state index in [9.17, 15) is 14.0 Å². The van der Waals surface area contributed by atoms with Crippen LogP contribution in [0.5, 0.6) is 0 Å². The molecule has 4 aliphatic rings. The zero-order valence-corrected chi connectivity index (χ0v) is 24.3. The van der Waals surface area contributed by atoms with Crippen molar-refractivity contribution in [3.8, 4) is 0 Å². The van der Waals surface area contributed by atoms with Gasteiger partial charge in [-0.25, -0.2) is 9.18 Å². The number of hydrogen-bond donors (Lipinski definition) is 0. The molecule has 0 aromatic heterocycles. The van der Waals surface area contributed by atoms with Crippen molar-refractivity contribution < 1.29 is 18.7 Å². The molecule has 1 saturated carbocycles. The van der Waals surface area contributed by atoms with Crippen LogP contribution < -0.4 is 0 Å². The number of ether oxygens (including phenoxy) is 1. The van der Waals surface area contributed by atoms with Gasteiger partial charge in [0.25, 0.3) is 0 Å². The third-order valence-corrected chi connectivity index (χ3v) is 10.5. The average molecular weight is 542 g/mol. The van der Waals surface area contributed by atoms with E-state index in [4.69, 9.17) is 4.74 Å². The van der Waals surface area contributed by atoms with Crippen molar-refractivity contribution in [3.05, 3.63) is 35.6 Å². The van der Waals surface area contributed by atoms with E-state index in [1.165, 1.54) is 44.2 Å². The molecule has 2 unspecified atom stereocenters. The highest BCUT2D eigenvalue weighted by molar-refractivity contribution is 5.84.